The molecule has 19 heavy (non-hydrogen) atoms. The van der Waals surface area contributed by atoms with E-state index in [1.54, 1.807) is 11.3 Å². The minimum atomic E-state index is 0.430. The Morgan fingerprint density at radius 2 is 2.21 bits per heavy atom. The van der Waals surface area contributed by atoms with E-state index in [1.165, 1.54) is 24.4 Å². The van der Waals surface area contributed by atoms with Gasteiger partial charge in [0.05, 0.1) is 7.57 Å². The van der Waals surface area contributed by atoms with E-state index in [0.717, 1.165) is 19.4 Å². The Bertz CT molecular complexity index is 494. The summed E-state index contributed by atoms with van der Waals surface area (Å²) in [5, 5.41) is 5.82. The monoisotopic (exact) mass is 421 g/mol. The van der Waals surface area contributed by atoms with Crippen molar-refractivity contribution >= 4 is 54.5 Å². The summed E-state index contributed by atoms with van der Waals surface area (Å²) >= 11 is 10.8. The van der Waals surface area contributed by atoms with Gasteiger partial charge in [-0.15, -0.1) is 22.7 Å². The second kappa shape index (κ2) is 7.93. The summed E-state index contributed by atoms with van der Waals surface area (Å²) in [7, 11) is 0. The molecule has 0 aliphatic carbocycles. The van der Waals surface area contributed by atoms with Gasteiger partial charge in [0, 0.05) is 10.9 Å². The number of hydrogen-bond donors (Lipinski definition) is 1. The van der Waals surface area contributed by atoms with Gasteiger partial charge in [-0.05, 0) is 80.7 Å². The second-order valence-corrected chi connectivity index (χ2v) is 9.19. The van der Waals surface area contributed by atoms with Gasteiger partial charge in [-0.25, -0.2) is 0 Å². The van der Waals surface area contributed by atoms with Crippen molar-refractivity contribution in [3.05, 3.63) is 41.6 Å². The lowest BCUT2D eigenvalue weighted by Gasteiger charge is -2.18. The highest BCUT2D eigenvalue weighted by Gasteiger charge is 2.16. The summed E-state index contributed by atoms with van der Waals surface area (Å²) < 4.78 is 2.42. The SMILES string of the molecule is CCCNC(CCc1cccs1)c1cc(Br)sc1Br. The van der Waals surface area contributed by atoms with Gasteiger partial charge < -0.3 is 5.32 Å². The molecule has 0 amide bonds. The third-order valence-electron chi connectivity index (χ3n) is 2.96. The molecule has 0 saturated carbocycles. The fourth-order valence-electron chi connectivity index (χ4n) is 2.02. The van der Waals surface area contributed by atoms with Crippen LogP contribution >= 0.6 is 54.5 Å². The van der Waals surface area contributed by atoms with E-state index in [-0.39, 0.29) is 0 Å². The quantitative estimate of drug-likeness (QED) is 0.576. The molecule has 0 saturated heterocycles. The molecule has 1 N–H and O–H groups in total. The van der Waals surface area contributed by atoms with Crippen molar-refractivity contribution in [1.29, 1.82) is 0 Å². The highest BCUT2D eigenvalue weighted by molar-refractivity contribution is 9.12. The lowest BCUT2D eigenvalue weighted by molar-refractivity contribution is 0.500. The largest absolute Gasteiger partial charge is 0.310 e. The number of rotatable bonds is 7. The number of halogens is 2. The van der Waals surface area contributed by atoms with Crippen LogP contribution in [0.2, 0.25) is 0 Å². The van der Waals surface area contributed by atoms with Crippen LogP contribution in [0.25, 0.3) is 0 Å². The fraction of sp³-hybridized carbons (Fsp3) is 0.429. The van der Waals surface area contributed by atoms with E-state index in [9.17, 15) is 0 Å². The Hall–Kier alpha value is 0.320. The van der Waals surface area contributed by atoms with Crippen LogP contribution in [0.15, 0.2) is 31.2 Å². The van der Waals surface area contributed by atoms with E-state index in [4.69, 9.17) is 0 Å². The van der Waals surface area contributed by atoms with E-state index < -0.39 is 0 Å². The Morgan fingerprint density at radius 1 is 1.37 bits per heavy atom. The minimum absolute atomic E-state index is 0.430. The molecule has 0 spiro atoms. The van der Waals surface area contributed by atoms with Crippen molar-refractivity contribution in [3.63, 3.8) is 0 Å². The molecule has 104 valence electrons. The Morgan fingerprint density at radius 3 is 2.79 bits per heavy atom. The van der Waals surface area contributed by atoms with Gasteiger partial charge in [-0.3, -0.25) is 0 Å². The van der Waals surface area contributed by atoms with Crippen molar-refractivity contribution in [1.82, 2.24) is 5.32 Å². The van der Waals surface area contributed by atoms with Crippen LogP contribution in [0.1, 0.15) is 36.2 Å². The van der Waals surface area contributed by atoms with Gasteiger partial charge >= 0.3 is 0 Å². The molecule has 1 atom stereocenters. The lowest BCUT2D eigenvalue weighted by Crippen LogP contribution is -2.22. The smallest absolute Gasteiger partial charge is 0.0758 e. The Labute approximate surface area is 139 Å². The fourth-order valence-corrected chi connectivity index (χ4v) is 5.72. The number of nitrogens with one attached hydrogen (secondary N) is 1. The molecule has 0 radical (unpaired) electrons. The summed E-state index contributed by atoms with van der Waals surface area (Å²) in [6.45, 7) is 3.27. The van der Waals surface area contributed by atoms with Crippen molar-refractivity contribution in [2.45, 2.75) is 32.2 Å². The lowest BCUT2D eigenvalue weighted by atomic mass is 10.0. The van der Waals surface area contributed by atoms with Crippen LogP contribution in [-0.4, -0.2) is 6.54 Å². The first kappa shape index (κ1) is 15.7. The molecule has 1 unspecified atom stereocenters. The van der Waals surface area contributed by atoms with Gasteiger partial charge in [-0.2, -0.15) is 0 Å². The number of hydrogen-bond acceptors (Lipinski definition) is 3. The molecule has 2 rings (SSSR count). The molecule has 1 nitrogen and oxygen atoms in total. The highest BCUT2D eigenvalue weighted by Crippen LogP contribution is 2.37. The predicted molar refractivity (Wildman–Crippen MR) is 93.4 cm³/mol. The van der Waals surface area contributed by atoms with Crippen LogP contribution in [-0.2, 0) is 6.42 Å². The molecular weight excluding hydrogens is 406 g/mol. The second-order valence-electron chi connectivity index (χ2n) is 4.40. The molecule has 2 aromatic heterocycles. The summed E-state index contributed by atoms with van der Waals surface area (Å²) in [4.78, 5) is 1.47. The van der Waals surface area contributed by atoms with Crippen molar-refractivity contribution in [2.75, 3.05) is 6.54 Å². The van der Waals surface area contributed by atoms with Crippen molar-refractivity contribution in [2.24, 2.45) is 0 Å². The first-order chi connectivity index (χ1) is 9.20. The van der Waals surface area contributed by atoms with Gasteiger partial charge in [-0.1, -0.05) is 13.0 Å². The summed E-state index contributed by atoms with van der Waals surface area (Å²) in [6, 6.07) is 7.02. The number of aryl methyl sites for hydroxylation is 1. The molecule has 0 aliphatic rings. The van der Waals surface area contributed by atoms with Crippen LogP contribution in [0, 0.1) is 0 Å². The predicted octanol–water partition coefficient (Wildman–Crippen LogP) is 6.01. The zero-order valence-electron chi connectivity index (χ0n) is 10.8. The van der Waals surface area contributed by atoms with Crippen LogP contribution in [0.4, 0.5) is 0 Å². The maximum Gasteiger partial charge on any atom is 0.0758 e. The normalized spacial score (nSPS) is 12.8. The summed E-state index contributed by atoms with van der Waals surface area (Å²) in [6.07, 6.45) is 3.44. The summed E-state index contributed by atoms with van der Waals surface area (Å²) in [5.41, 5.74) is 1.38. The molecule has 2 heterocycles. The van der Waals surface area contributed by atoms with E-state index in [0.29, 0.717) is 6.04 Å². The highest BCUT2D eigenvalue weighted by atomic mass is 79.9. The third-order valence-corrected chi connectivity index (χ3v) is 6.28. The molecule has 2 aromatic rings. The van der Waals surface area contributed by atoms with Crippen LogP contribution in [0.3, 0.4) is 0 Å². The Kier molecular flexibility index (Phi) is 6.56. The van der Waals surface area contributed by atoms with Crippen LogP contribution in [0.5, 0.6) is 0 Å². The van der Waals surface area contributed by atoms with Gasteiger partial charge in [0.2, 0.25) is 0 Å². The average molecular weight is 423 g/mol. The van der Waals surface area contributed by atoms with Gasteiger partial charge in [0.1, 0.15) is 0 Å². The Balaban J connectivity index is 2.04. The molecule has 5 heteroatoms. The standard InChI is InChI=1S/C14H17Br2NS2/c1-2-7-17-12(6-5-10-4-3-8-18-10)11-9-13(15)19-14(11)16/h3-4,8-9,12,17H,2,5-7H2,1H3. The van der Waals surface area contributed by atoms with Crippen molar-refractivity contribution in [3.8, 4) is 0 Å². The molecular formula is C14H17Br2NS2. The summed E-state index contributed by atoms with van der Waals surface area (Å²) in [5.74, 6) is 0. The zero-order chi connectivity index (χ0) is 13.7. The van der Waals surface area contributed by atoms with Gasteiger partial charge in [0.15, 0.2) is 0 Å². The maximum absolute atomic E-state index is 3.68. The molecule has 0 aliphatic heterocycles. The van der Waals surface area contributed by atoms with E-state index in [2.05, 4.69) is 67.7 Å². The van der Waals surface area contributed by atoms with Crippen LogP contribution < -0.4 is 5.32 Å². The van der Waals surface area contributed by atoms with Crippen molar-refractivity contribution < 1.29 is 0 Å². The minimum Gasteiger partial charge on any atom is -0.310 e. The molecule has 0 aromatic carbocycles. The van der Waals surface area contributed by atoms with E-state index in [1.807, 2.05) is 11.3 Å². The average Bonchev–Trinajstić information content (AvgIpc) is 3.00. The zero-order valence-corrected chi connectivity index (χ0v) is 15.6. The first-order valence-corrected chi connectivity index (χ1v) is 9.69. The number of thiophene rings is 2. The van der Waals surface area contributed by atoms with Gasteiger partial charge in [0.25, 0.3) is 0 Å². The molecule has 0 bridgehead atoms. The topological polar surface area (TPSA) is 12.0 Å². The van der Waals surface area contributed by atoms with E-state index >= 15 is 0 Å². The first-order valence-electron chi connectivity index (χ1n) is 6.41. The maximum atomic E-state index is 3.68. The molecule has 0 fully saturated rings. The third kappa shape index (κ3) is 4.67.